The number of morpholine rings is 1. The molecule has 2 saturated heterocycles. The summed E-state index contributed by atoms with van der Waals surface area (Å²) in [7, 11) is 0. The van der Waals surface area contributed by atoms with Crippen LogP contribution >= 0.6 is 11.6 Å². The van der Waals surface area contributed by atoms with Crippen molar-refractivity contribution < 1.29 is 18.7 Å². The second-order valence-electron chi connectivity index (χ2n) is 12.3. The third-order valence-corrected chi connectivity index (χ3v) is 9.50. The second-order valence-corrected chi connectivity index (χ2v) is 12.7. The van der Waals surface area contributed by atoms with Crippen molar-refractivity contribution in [2.75, 3.05) is 57.4 Å². The number of carbonyl (C=O) groups is 1. The summed E-state index contributed by atoms with van der Waals surface area (Å²) in [4.78, 5) is 27.8. The lowest BCUT2D eigenvalue weighted by Crippen LogP contribution is -2.52. The Bertz CT molecular complexity index is 1870. The highest BCUT2D eigenvalue weighted by atomic mass is 35.5. The number of anilines is 1. The highest BCUT2D eigenvalue weighted by molar-refractivity contribution is 6.35. The fourth-order valence-corrected chi connectivity index (χ4v) is 6.85. The molecule has 10 nitrogen and oxygen atoms in total. The topological polar surface area (TPSA) is 99.7 Å². The molecule has 0 bridgehead atoms. The van der Waals surface area contributed by atoms with Crippen LogP contribution in [0.5, 0.6) is 6.01 Å². The molecule has 1 N–H and O–H groups in total. The number of H-pyrrole nitrogens is 1. The van der Waals surface area contributed by atoms with E-state index in [2.05, 4.69) is 33.2 Å². The number of aromatic nitrogens is 4. The quantitative estimate of drug-likeness (QED) is 0.247. The first kappa shape index (κ1) is 30.6. The lowest BCUT2D eigenvalue weighted by Gasteiger charge is -2.41. The number of nitrogens with zero attached hydrogens (tertiary/aromatic N) is 6. The van der Waals surface area contributed by atoms with Crippen molar-refractivity contribution in [2.24, 2.45) is 0 Å². The van der Waals surface area contributed by atoms with E-state index in [1.54, 1.807) is 11.0 Å². The molecule has 0 spiro atoms. The van der Waals surface area contributed by atoms with E-state index in [4.69, 9.17) is 26.1 Å². The molecule has 2 aromatic heterocycles. The van der Waals surface area contributed by atoms with Gasteiger partial charge in [-0.1, -0.05) is 30.8 Å². The second kappa shape index (κ2) is 12.3. The molecule has 7 rings (SSSR count). The van der Waals surface area contributed by atoms with Gasteiger partial charge in [0, 0.05) is 71.4 Å². The van der Waals surface area contributed by atoms with Gasteiger partial charge in [-0.2, -0.15) is 15.1 Å². The normalized spacial score (nSPS) is 19.3. The van der Waals surface area contributed by atoms with Crippen molar-refractivity contribution >= 4 is 45.1 Å². The molecule has 12 heteroatoms. The number of fused-ring (bicyclic) bond motifs is 2. The molecule has 240 valence electrons. The summed E-state index contributed by atoms with van der Waals surface area (Å²) in [5.41, 5.74) is 4.37. The van der Waals surface area contributed by atoms with Crippen LogP contribution in [0.4, 0.5) is 10.2 Å². The molecule has 1 atom stereocenters. The van der Waals surface area contributed by atoms with Crippen LogP contribution < -0.4 is 9.64 Å². The van der Waals surface area contributed by atoms with Crippen molar-refractivity contribution in [3.63, 3.8) is 0 Å². The number of halogens is 2. The molecule has 1 aliphatic carbocycles. The predicted molar refractivity (Wildman–Crippen MR) is 177 cm³/mol. The Morgan fingerprint density at radius 2 is 2.02 bits per heavy atom. The predicted octanol–water partition coefficient (Wildman–Crippen LogP) is 5.60. The van der Waals surface area contributed by atoms with Gasteiger partial charge < -0.3 is 19.3 Å². The van der Waals surface area contributed by atoms with Gasteiger partial charge in [0.15, 0.2) is 5.82 Å². The Morgan fingerprint density at radius 1 is 1.24 bits per heavy atom. The van der Waals surface area contributed by atoms with E-state index in [1.807, 2.05) is 30.9 Å². The highest BCUT2D eigenvalue weighted by Crippen LogP contribution is 2.48. The van der Waals surface area contributed by atoms with E-state index in [-0.39, 0.29) is 34.1 Å². The van der Waals surface area contributed by atoms with Gasteiger partial charge in [-0.15, -0.1) is 0 Å². The minimum absolute atomic E-state index is 0.0715. The van der Waals surface area contributed by atoms with Crippen LogP contribution in [0.2, 0.25) is 5.02 Å². The van der Waals surface area contributed by atoms with Crippen LogP contribution in [0.1, 0.15) is 36.9 Å². The zero-order chi connectivity index (χ0) is 32.1. The molecule has 2 aliphatic heterocycles. The maximum absolute atomic E-state index is 17.1. The molecule has 2 aromatic carbocycles. The summed E-state index contributed by atoms with van der Waals surface area (Å²) in [5, 5.41) is 9.34. The summed E-state index contributed by atoms with van der Waals surface area (Å²) in [6, 6.07) is 5.53. The lowest BCUT2D eigenvalue weighted by molar-refractivity contribution is -0.124. The number of amides is 1. The lowest BCUT2D eigenvalue weighted by atomic mass is 9.93. The summed E-state index contributed by atoms with van der Waals surface area (Å²) in [5.74, 6) is 0.0726. The van der Waals surface area contributed by atoms with Gasteiger partial charge >= 0.3 is 6.01 Å². The first-order chi connectivity index (χ1) is 22.2. The summed E-state index contributed by atoms with van der Waals surface area (Å²) >= 11 is 7.03. The molecule has 3 aliphatic rings. The minimum atomic E-state index is -0.547. The third kappa shape index (κ3) is 5.50. The Morgan fingerprint density at radius 3 is 2.76 bits per heavy atom. The monoisotopic (exact) mass is 645 g/mol. The summed E-state index contributed by atoms with van der Waals surface area (Å²) in [6.45, 7) is 16.4. The van der Waals surface area contributed by atoms with Gasteiger partial charge in [0.1, 0.15) is 17.9 Å². The molecule has 3 fully saturated rings. The molecular formula is C34H37ClFN7O3. The van der Waals surface area contributed by atoms with E-state index < -0.39 is 5.82 Å². The molecule has 1 amide bonds. The number of hydrogen-bond acceptors (Lipinski definition) is 8. The van der Waals surface area contributed by atoms with Crippen molar-refractivity contribution in [3.05, 3.63) is 65.2 Å². The van der Waals surface area contributed by atoms with Gasteiger partial charge in [-0.05, 0) is 50.5 Å². The van der Waals surface area contributed by atoms with Crippen LogP contribution in [0.15, 0.2) is 43.1 Å². The number of benzene rings is 2. The molecular weight excluding hydrogens is 609 g/mol. The number of hydrogen-bond donors (Lipinski definition) is 1. The molecule has 1 saturated carbocycles. The minimum Gasteiger partial charge on any atom is -0.462 e. The number of aryl methyl sites for hydroxylation is 1. The number of nitrogens with one attached hydrogen (secondary N) is 1. The van der Waals surface area contributed by atoms with Gasteiger partial charge in [-0.25, -0.2) is 4.39 Å². The molecule has 4 aromatic rings. The van der Waals surface area contributed by atoms with Crippen LogP contribution in [-0.4, -0.2) is 94.5 Å². The van der Waals surface area contributed by atoms with E-state index in [9.17, 15) is 4.79 Å². The smallest absolute Gasteiger partial charge is 0.319 e. The van der Waals surface area contributed by atoms with E-state index in [0.717, 1.165) is 48.1 Å². The zero-order valence-corrected chi connectivity index (χ0v) is 26.9. The largest absolute Gasteiger partial charge is 0.462 e. The highest BCUT2D eigenvalue weighted by Gasteiger charge is 2.34. The van der Waals surface area contributed by atoms with Crippen molar-refractivity contribution in [2.45, 2.75) is 38.6 Å². The molecule has 0 unspecified atom stereocenters. The number of carbonyl (C=O) groups excluding carboxylic acids is 1. The van der Waals surface area contributed by atoms with Crippen LogP contribution in [0.3, 0.4) is 0 Å². The Hall–Kier alpha value is -4.06. The fraction of sp³-hybridized carbons (Fsp3) is 0.412. The SMILES string of the molecule is C=CC(=O)N1C[C@H](C)N(c2nc(OCCN3CCOCC3)nc3c(F)c(-c4c(C)ccc5n[nH]c(C6CC6)c45)c(Cl)cc23)CC1=C. The van der Waals surface area contributed by atoms with Crippen molar-refractivity contribution in [1.29, 1.82) is 0 Å². The maximum atomic E-state index is 17.1. The van der Waals surface area contributed by atoms with E-state index >= 15 is 4.39 Å². The van der Waals surface area contributed by atoms with E-state index in [0.29, 0.717) is 67.8 Å². The molecule has 0 radical (unpaired) electrons. The van der Waals surface area contributed by atoms with Gasteiger partial charge in [0.05, 0.1) is 30.3 Å². The number of rotatable bonds is 8. The first-order valence-electron chi connectivity index (χ1n) is 15.7. The van der Waals surface area contributed by atoms with E-state index in [1.165, 1.54) is 6.08 Å². The summed E-state index contributed by atoms with van der Waals surface area (Å²) < 4.78 is 28.7. The van der Waals surface area contributed by atoms with Crippen molar-refractivity contribution in [3.8, 4) is 17.1 Å². The standard InChI is InChI=1S/C34H37ClFN7O3/c1-5-26(44)42-17-21(4)43(18-20(42)3)33-23-16-24(35)28(27-19(2)6-9-25-29(27)31(40-39-25)22-7-8-22)30(36)32(23)37-34(38-33)46-15-12-41-10-13-45-14-11-41/h5-6,9,16,21-22H,1,3,7-8,10-15,17-18H2,2,4H3,(H,39,40)/t21-/m0/s1. The van der Waals surface area contributed by atoms with Crippen LogP contribution in [-0.2, 0) is 9.53 Å². The van der Waals surface area contributed by atoms with Gasteiger partial charge in [0.2, 0.25) is 5.91 Å². The Labute approximate surface area is 271 Å². The Balaban J connectivity index is 1.35. The molecule has 4 heterocycles. The summed E-state index contributed by atoms with van der Waals surface area (Å²) in [6.07, 6.45) is 3.41. The van der Waals surface area contributed by atoms with Crippen molar-refractivity contribution in [1.82, 2.24) is 30.0 Å². The third-order valence-electron chi connectivity index (χ3n) is 9.20. The first-order valence-corrected chi connectivity index (χ1v) is 16.1. The number of piperazine rings is 1. The zero-order valence-electron chi connectivity index (χ0n) is 26.1. The maximum Gasteiger partial charge on any atom is 0.319 e. The Kier molecular flexibility index (Phi) is 8.16. The van der Waals surface area contributed by atoms with Crippen LogP contribution in [0.25, 0.3) is 32.9 Å². The van der Waals surface area contributed by atoms with Crippen LogP contribution in [0, 0.1) is 12.7 Å². The number of aromatic amines is 1. The molecule has 46 heavy (non-hydrogen) atoms. The fourth-order valence-electron chi connectivity index (χ4n) is 6.56. The number of ether oxygens (including phenoxy) is 2. The average Bonchev–Trinajstić information content (AvgIpc) is 3.81. The van der Waals surface area contributed by atoms with Gasteiger partial charge in [0.25, 0.3) is 0 Å². The average molecular weight is 646 g/mol. The van der Waals surface area contributed by atoms with Gasteiger partial charge in [-0.3, -0.25) is 14.8 Å².